The lowest BCUT2D eigenvalue weighted by molar-refractivity contribution is -0.141. The van der Waals surface area contributed by atoms with Gasteiger partial charge in [0.2, 0.25) is 0 Å². The van der Waals surface area contributed by atoms with Crippen LogP contribution in [0.1, 0.15) is 6.92 Å². The molecule has 2 rings (SSSR count). The second kappa shape index (κ2) is 8.71. The minimum atomic E-state index is -0.389. The van der Waals surface area contributed by atoms with Gasteiger partial charge in [0, 0.05) is 15.9 Å². The number of carbonyl (C=O) groups excluding carboxylic acids is 1. The Morgan fingerprint density at radius 2 is 1.45 bits per heavy atom. The quantitative estimate of drug-likeness (QED) is 0.308. The summed E-state index contributed by atoms with van der Waals surface area (Å²) in [5.74, 6) is -0.389. The number of carbonyl (C=O) groups is 1. The molecule has 0 bridgehead atoms. The summed E-state index contributed by atoms with van der Waals surface area (Å²) in [4.78, 5) is 13.8. The Bertz CT molecular complexity index is 557. The summed E-state index contributed by atoms with van der Waals surface area (Å²) in [5, 5.41) is 0. The van der Waals surface area contributed by atoms with Crippen molar-refractivity contribution in [1.82, 2.24) is 0 Å². The summed E-state index contributed by atoms with van der Waals surface area (Å²) < 4.78 is 5.47. The molecular weight excluding hydrogens is 312 g/mol. The lowest BCUT2D eigenvalue weighted by Crippen LogP contribution is -2.23. The zero-order chi connectivity index (χ0) is 15.8. The van der Waals surface area contributed by atoms with Crippen molar-refractivity contribution < 1.29 is 9.53 Å². The Hall–Kier alpha value is -1.65. The molecule has 0 aromatic heterocycles. The van der Waals surface area contributed by atoms with Gasteiger partial charge in [-0.2, -0.15) is 0 Å². The molecule has 0 saturated heterocycles. The molecule has 0 amide bonds. The molecule has 1 unspecified atom stereocenters. The van der Waals surface area contributed by atoms with Crippen LogP contribution >= 0.6 is 23.5 Å². The van der Waals surface area contributed by atoms with E-state index >= 15 is 0 Å². The largest absolute Gasteiger partial charge is 0.457 e. The van der Waals surface area contributed by atoms with Crippen molar-refractivity contribution in [1.29, 1.82) is 0 Å². The third-order valence-electron chi connectivity index (χ3n) is 2.84. The van der Waals surface area contributed by atoms with E-state index in [-0.39, 0.29) is 16.7 Å². The van der Waals surface area contributed by atoms with Gasteiger partial charge in [0.1, 0.15) is 6.10 Å². The second-order valence-corrected chi connectivity index (χ2v) is 7.30. The SMILES string of the molecule is C=CC(=O)OC(C)C(Sc1ccccc1)Sc1ccccc1. The summed E-state index contributed by atoms with van der Waals surface area (Å²) in [5.41, 5.74) is 0. The van der Waals surface area contributed by atoms with Crippen molar-refractivity contribution in [3.63, 3.8) is 0 Å². The van der Waals surface area contributed by atoms with Crippen LogP contribution in [-0.4, -0.2) is 16.7 Å². The van der Waals surface area contributed by atoms with E-state index in [9.17, 15) is 4.79 Å². The molecule has 2 aromatic carbocycles. The zero-order valence-corrected chi connectivity index (χ0v) is 14.0. The van der Waals surface area contributed by atoms with E-state index < -0.39 is 0 Å². The maximum absolute atomic E-state index is 11.5. The predicted octanol–water partition coefficient (Wildman–Crippen LogP) is 5.01. The van der Waals surface area contributed by atoms with Gasteiger partial charge in [0.05, 0.1) is 4.58 Å². The minimum Gasteiger partial charge on any atom is -0.457 e. The van der Waals surface area contributed by atoms with Crippen molar-refractivity contribution in [2.45, 2.75) is 27.4 Å². The molecule has 22 heavy (non-hydrogen) atoms. The van der Waals surface area contributed by atoms with Gasteiger partial charge in [-0.25, -0.2) is 4.79 Å². The Morgan fingerprint density at radius 3 is 1.86 bits per heavy atom. The van der Waals surface area contributed by atoms with Gasteiger partial charge in [-0.15, -0.1) is 23.5 Å². The smallest absolute Gasteiger partial charge is 0.330 e. The summed E-state index contributed by atoms with van der Waals surface area (Å²) in [6.07, 6.45) is 0.967. The summed E-state index contributed by atoms with van der Waals surface area (Å²) >= 11 is 3.39. The van der Waals surface area contributed by atoms with Crippen LogP contribution in [-0.2, 0) is 9.53 Å². The van der Waals surface area contributed by atoms with Crippen LogP contribution in [0.15, 0.2) is 83.1 Å². The number of ether oxygens (including phenoxy) is 1. The minimum absolute atomic E-state index is 0.0636. The third-order valence-corrected chi connectivity index (χ3v) is 5.74. The fourth-order valence-corrected chi connectivity index (χ4v) is 4.29. The monoisotopic (exact) mass is 330 g/mol. The van der Waals surface area contributed by atoms with Crippen molar-refractivity contribution in [3.8, 4) is 0 Å². The molecular formula is C18H18O2S2. The highest BCUT2D eigenvalue weighted by Gasteiger charge is 2.22. The molecule has 2 aromatic rings. The summed E-state index contributed by atoms with van der Waals surface area (Å²) in [6, 6.07) is 20.3. The predicted molar refractivity (Wildman–Crippen MR) is 94.1 cm³/mol. The molecule has 0 radical (unpaired) electrons. The van der Waals surface area contributed by atoms with Gasteiger partial charge < -0.3 is 4.74 Å². The van der Waals surface area contributed by atoms with Gasteiger partial charge in [-0.05, 0) is 31.2 Å². The molecule has 114 valence electrons. The zero-order valence-electron chi connectivity index (χ0n) is 12.3. The highest BCUT2D eigenvalue weighted by molar-refractivity contribution is 8.17. The van der Waals surface area contributed by atoms with E-state index in [0.717, 1.165) is 9.79 Å². The van der Waals surface area contributed by atoms with Crippen LogP contribution in [0, 0.1) is 0 Å². The van der Waals surface area contributed by atoms with Crippen molar-refractivity contribution in [2.24, 2.45) is 0 Å². The van der Waals surface area contributed by atoms with E-state index in [1.165, 1.54) is 6.08 Å². The molecule has 4 heteroatoms. The van der Waals surface area contributed by atoms with Gasteiger partial charge in [0.15, 0.2) is 0 Å². The van der Waals surface area contributed by atoms with Crippen molar-refractivity contribution >= 4 is 29.5 Å². The first-order chi connectivity index (χ1) is 10.7. The highest BCUT2D eigenvalue weighted by atomic mass is 32.2. The first-order valence-electron chi connectivity index (χ1n) is 6.95. The van der Waals surface area contributed by atoms with E-state index in [2.05, 4.69) is 30.8 Å². The molecule has 0 aliphatic heterocycles. The van der Waals surface area contributed by atoms with Crippen LogP contribution in [0.5, 0.6) is 0 Å². The topological polar surface area (TPSA) is 26.3 Å². The molecule has 0 saturated carbocycles. The van der Waals surface area contributed by atoms with E-state index in [1.54, 1.807) is 23.5 Å². The highest BCUT2D eigenvalue weighted by Crippen LogP contribution is 2.38. The first-order valence-corrected chi connectivity index (χ1v) is 8.71. The lowest BCUT2D eigenvalue weighted by Gasteiger charge is -2.23. The molecule has 0 N–H and O–H groups in total. The lowest BCUT2D eigenvalue weighted by atomic mass is 10.4. The van der Waals surface area contributed by atoms with Crippen LogP contribution in [0.2, 0.25) is 0 Å². The van der Waals surface area contributed by atoms with E-state index in [4.69, 9.17) is 4.74 Å². The Kier molecular flexibility index (Phi) is 6.62. The maximum atomic E-state index is 11.5. The fourth-order valence-electron chi connectivity index (χ4n) is 1.77. The average molecular weight is 330 g/mol. The molecule has 2 nitrogen and oxygen atoms in total. The summed E-state index contributed by atoms with van der Waals surface area (Å²) in [6.45, 7) is 5.37. The van der Waals surface area contributed by atoms with E-state index in [0.29, 0.717) is 0 Å². The Balaban J connectivity index is 2.12. The molecule has 0 heterocycles. The van der Waals surface area contributed by atoms with Gasteiger partial charge in [-0.3, -0.25) is 0 Å². The van der Waals surface area contributed by atoms with Gasteiger partial charge >= 0.3 is 5.97 Å². The molecule has 1 atom stereocenters. The standard InChI is InChI=1S/C18H18O2S2/c1-3-17(19)20-14(2)18(21-15-10-6-4-7-11-15)22-16-12-8-5-9-13-16/h3-14,18H,1H2,2H3. The molecule has 0 fully saturated rings. The average Bonchev–Trinajstić information content (AvgIpc) is 2.56. The number of rotatable bonds is 7. The molecule has 0 spiro atoms. The number of thioether (sulfide) groups is 2. The third kappa shape index (κ3) is 5.28. The first kappa shape index (κ1) is 16.7. The molecule has 0 aliphatic carbocycles. The van der Waals surface area contributed by atoms with Crippen LogP contribution in [0.4, 0.5) is 0 Å². The second-order valence-electron chi connectivity index (χ2n) is 4.58. The molecule has 0 aliphatic rings. The normalized spacial score (nSPS) is 11.9. The summed E-state index contributed by atoms with van der Waals surface area (Å²) in [7, 11) is 0. The number of hydrogen-bond acceptors (Lipinski definition) is 4. The van der Waals surface area contributed by atoms with Crippen molar-refractivity contribution in [2.75, 3.05) is 0 Å². The van der Waals surface area contributed by atoms with Crippen molar-refractivity contribution in [3.05, 3.63) is 73.3 Å². The van der Waals surface area contributed by atoms with Crippen LogP contribution in [0.25, 0.3) is 0 Å². The number of benzene rings is 2. The van der Waals surface area contributed by atoms with Gasteiger partial charge in [-0.1, -0.05) is 43.0 Å². The maximum Gasteiger partial charge on any atom is 0.330 e. The van der Waals surface area contributed by atoms with Gasteiger partial charge in [0.25, 0.3) is 0 Å². The van der Waals surface area contributed by atoms with Crippen LogP contribution in [0.3, 0.4) is 0 Å². The Morgan fingerprint density at radius 1 is 1.00 bits per heavy atom. The fraction of sp³-hybridized carbons (Fsp3) is 0.167. The van der Waals surface area contributed by atoms with E-state index in [1.807, 2.05) is 43.3 Å². The number of esters is 1. The Labute approximate surface area is 140 Å². The van der Waals surface area contributed by atoms with Crippen LogP contribution < -0.4 is 0 Å². The number of hydrogen-bond donors (Lipinski definition) is 0.